The molecule has 0 spiro atoms. The number of nitrogens with one attached hydrogen (secondary N) is 2. The number of esters is 1. The van der Waals surface area contributed by atoms with Gasteiger partial charge in [-0.3, -0.25) is 9.59 Å². The molecule has 3 aromatic rings. The number of carbonyl (C=O) groups excluding carboxylic acids is 2. The van der Waals surface area contributed by atoms with E-state index in [1.54, 1.807) is 0 Å². The van der Waals surface area contributed by atoms with Gasteiger partial charge in [-0.15, -0.1) is 0 Å². The second-order valence-electron chi connectivity index (χ2n) is 9.24. The lowest BCUT2D eigenvalue weighted by molar-refractivity contribution is -0.148. The molecule has 0 bridgehead atoms. The third kappa shape index (κ3) is 9.42. The van der Waals surface area contributed by atoms with E-state index in [9.17, 15) is 31.5 Å². The van der Waals surface area contributed by atoms with Gasteiger partial charge in [-0.2, -0.15) is 13.2 Å². The van der Waals surface area contributed by atoms with E-state index in [0.717, 1.165) is 60.0 Å². The molecule has 0 fully saturated rings. The van der Waals surface area contributed by atoms with Crippen LogP contribution < -0.4 is 16.4 Å². The average Bonchev–Trinajstić information content (AvgIpc) is 2.90. The van der Waals surface area contributed by atoms with Crippen LogP contribution in [0.3, 0.4) is 0 Å². The van der Waals surface area contributed by atoms with Crippen molar-refractivity contribution in [3.63, 3.8) is 0 Å². The van der Waals surface area contributed by atoms with Crippen molar-refractivity contribution < 1.29 is 36.3 Å². The van der Waals surface area contributed by atoms with Crippen molar-refractivity contribution in [3.05, 3.63) is 106 Å². The summed E-state index contributed by atoms with van der Waals surface area (Å²) in [7, 11) is 0. The van der Waals surface area contributed by atoms with E-state index in [1.807, 2.05) is 31.2 Å². The second kappa shape index (κ2) is 14.0. The first-order chi connectivity index (χ1) is 18.9. The number of amides is 1. The van der Waals surface area contributed by atoms with Crippen LogP contribution in [0.2, 0.25) is 0 Å². The number of hydrogen-bond acceptors (Lipinski definition) is 5. The summed E-state index contributed by atoms with van der Waals surface area (Å²) in [5.74, 6) is -3.15. The fourth-order valence-electron chi connectivity index (χ4n) is 4.01. The topological polar surface area (TPSA) is 93.5 Å². The van der Waals surface area contributed by atoms with Crippen LogP contribution in [0.1, 0.15) is 39.5 Å². The molecule has 2 atom stereocenters. The molecule has 0 aliphatic carbocycles. The molecule has 40 heavy (non-hydrogen) atoms. The molecule has 4 N–H and O–H groups in total. The average molecular weight is 564 g/mol. The van der Waals surface area contributed by atoms with Gasteiger partial charge in [0.05, 0.1) is 5.56 Å². The highest BCUT2D eigenvalue weighted by atomic mass is 19.4. The van der Waals surface area contributed by atoms with Gasteiger partial charge in [-0.05, 0) is 65.9 Å². The SMILES string of the molecule is CCc1cccc(CNC[C@@H](OC(=O)CNC(=O)c2ccc(C(F)(F)F)cc2)[C@@H](N)Cc2cc(F)cc(F)c2)c1. The molecule has 3 rings (SSSR count). The zero-order chi connectivity index (χ0) is 29.3. The lowest BCUT2D eigenvalue weighted by Crippen LogP contribution is -2.47. The molecule has 214 valence electrons. The van der Waals surface area contributed by atoms with Gasteiger partial charge in [0, 0.05) is 30.8 Å². The molecule has 0 unspecified atom stereocenters. The van der Waals surface area contributed by atoms with Crippen LogP contribution in [0.5, 0.6) is 0 Å². The summed E-state index contributed by atoms with van der Waals surface area (Å²) in [5.41, 5.74) is 7.72. The number of benzene rings is 3. The van der Waals surface area contributed by atoms with Gasteiger partial charge in [0.15, 0.2) is 0 Å². The lowest BCUT2D eigenvalue weighted by atomic mass is 10.0. The van der Waals surface area contributed by atoms with Crippen LogP contribution in [0.4, 0.5) is 22.0 Å². The quantitative estimate of drug-likeness (QED) is 0.222. The molecular formula is C29H30F5N3O3. The Bertz CT molecular complexity index is 1280. The minimum absolute atomic E-state index is 0.00244. The van der Waals surface area contributed by atoms with E-state index in [0.29, 0.717) is 6.54 Å². The van der Waals surface area contributed by atoms with Crippen molar-refractivity contribution in [2.24, 2.45) is 5.73 Å². The van der Waals surface area contributed by atoms with Crippen LogP contribution in [0.25, 0.3) is 0 Å². The lowest BCUT2D eigenvalue weighted by Gasteiger charge is -2.25. The minimum atomic E-state index is -4.54. The zero-order valence-electron chi connectivity index (χ0n) is 21.7. The second-order valence-corrected chi connectivity index (χ2v) is 9.24. The summed E-state index contributed by atoms with van der Waals surface area (Å²) in [5, 5.41) is 5.48. The summed E-state index contributed by atoms with van der Waals surface area (Å²) in [4.78, 5) is 24.9. The van der Waals surface area contributed by atoms with Crippen molar-refractivity contribution in [2.75, 3.05) is 13.1 Å². The third-order valence-corrected chi connectivity index (χ3v) is 6.10. The van der Waals surface area contributed by atoms with Gasteiger partial charge in [-0.25, -0.2) is 8.78 Å². The number of halogens is 5. The summed E-state index contributed by atoms with van der Waals surface area (Å²) in [6.07, 6.45) is -4.62. The number of hydrogen-bond donors (Lipinski definition) is 3. The Hall–Kier alpha value is -3.83. The zero-order valence-corrected chi connectivity index (χ0v) is 21.7. The highest BCUT2D eigenvalue weighted by Gasteiger charge is 2.30. The minimum Gasteiger partial charge on any atom is -0.458 e. The van der Waals surface area contributed by atoms with Gasteiger partial charge >= 0.3 is 12.1 Å². The van der Waals surface area contributed by atoms with Crippen LogP contribution in [0, 0.1) is 11.6 Å². The number of rotatable bonds is 12. The Labute approximate surface area is 228 Å². The molecule has 0 aromatic heterocycles. The first kappa shape index (κ1) is 30.7. The van der Waals surface area contributed by atoms with Gasteiger partial charge < -0.3 is 21.1 Å². The van der Waals surface area contributed by atoms with E-state index in [2.05, 4.69) is 10.6 Å². The predicted octanol–water partition coefficient (Wildman–Crippen LogP) is 4.55. The van der Waals surface area contributed by atoms with Crippen LogP contribution in [-0.2, 0) is 35.1 Å². The first-order valence-electron chi connectivity index (χ1n) is 12.6. The molecule has 0 saturated carbocycles. The number of alkyl halides is 3. The van der Waals surface area contributed by atoms with Crippen LogP contribution in [0.15, 0.2) is 66.7 Å². The van der Waals surface area contributed by atoms with Crippen LogP contribution >= 0.6 is 0 Å². The Morgan fingerprint density at radius 2 is 1.57 bits per heavy atom. The van der Waals surface area contributed by atoms with Gasteiger partial charge in [0.2, 0.25) is 0 Å². The van der Waals surface area contributed by atoms with Crippen molar-refractivity contribution in [3.8, 4) is 0 Å². The molecule has 3 aromatic carbocycles. The maximum Gasteiger partial charge on any atom is 0.416 e. The molecule has 6 nitrogen and oxygen atoms in total. The monoisotopic (exact) mass is 563 g/mol. The number of nitrogens with two attached hydrogens (primary N) is 1. The molecule has 0 radical (unpaired) electrons. The van der Waals surface area contributed by atoms with Gasteiger partial charge in [0.25, 0.3) is 5.91 Å². The largest absolute Gasteiger partial charge is 0.458 e. The van der Waals surface area contributed by atoms with Crippen molar-refractivity contribution in [1.29, 1.82) is 0 Å². The number of ether oxygens (including phenoxy) is 1. The molecule has 11 heteroatoms. The number of aryl methyl sites for hydroxylation is 1. The maximum absolute atomic E-state index is 13.7. The van der Waals surface area contributed by atoms with Crippen molar-refractivity contribution in [1.82, 2.24) is 10.6 Å². The normalized spacial score (nSPS) is 13.0. The molecule has 0 saturated heterocycles. The predicted molar refractivity (Wildman–Crippen MR) is 139 cm³/mol. The summed E-state index contributed by atoms with van der Waals surface area (Å²) < 4.78 is 71.1. The van der Waals surface area contributed by atoms with E-state index in [1.165, 1.54) is 0 Å². The Balaban J connectivity index is 1.62. The fraction of sp³-hybridized carbons (Fsp3) is 0.310. The summed E-state index contributed by atoms with van der Waals surface area (Å²) >= 11 is 0. The third-order valence-electron chi connectivity index (χ3n) is 6.10. The number of carbonyl (C=O) groups is 2. The van der Waals surface area contributed by atoms with Gasteiger partial charge in [0.1, 0.15) is 24.3 Å². The Morgan fingerprint density at radius 3 is 2.20 bits per heavy atom. The summed E-state index contributed by atoms with van der Waals surface area (Å²) in [6.45, 7) is 2.00. The highest BCUT2D eigenvalue weighted by Crippen LogP contribution is 2.29. The first-order valence-corrected chi connectivity index (χ1v) is 12.6. The van der Waals surface area contributed by atoms with Crippen molar-refractivity contribution >= 4 is 11.9 Å². The molecule has 1 amide bonds. The van der Waals surface area contributed by atoms with E-state index in [-0.39, 0.29) is 24.1 Å². The molecular weight excluding hydrogens is 533 g/mol. The van der Waals surface area contributed by atoms with Crippen molar-refractivity contribution in [2.45, 2.75) is 44.6 Å². The molecule has 0 aliphatic rings. The Kier molecular flexibility index (Phi) is 10.7. The molecule has 0 aliphatic heterocycles. The van der Waals surface area contributed by atoms with Crippen LogP contribution in [-0.4, -0.2) is 37.1 Å². The van der Waals surface area contributed by atoms with E-state index >= 15 is 0 Å². The van der Waals surface area contributed by atoms with E-state index < -0.39 is 53.9 Å². The smallest absolute Gasteiger partial charge is 0.416 e. The fourth-order valence-corrected chi connectivity index (χ4v) is 4.01. The Morgan fingerprint density at radius 1 is 0.925 bits per heavy atom. The molecule has 0 heterocycles. The maximum atomic E-state index is 13.7. The standard InChI is InChI=1S/C29H30F5N3O3/c1-2-18-4-3-5-19(10-18)15-36-16-26(25(35)13-20-11-23(30)14-24(31)12-20)40-27(38)17-37-28(39)21-6-8-22(9-7-21)29(32,33)34/h3-12,14,25-26,36H,2,13,15-17,35H2,1H3,(H,37,39)/t25-,26+/m0/s1. The van der Waals surface area contributed by atoms with E-state index in [4.69, 9.17) is 10.5 Å². The summed E-state index contributed by atoms with van der Waals surface area (Å²) in [6, 6.07) is 13.6. The highest BCUT2D eigenvalue weighted by molar-refractivity contribution is 5.95. The van der Waals surface area contributed by atoms with Gasteiger partial charge in [-0.1, -0.05) is 31.2 Å².